The van der Waals surface area contributed by atoms with E-state index in [-0.39, 0.29) is 0 Å². The second-order valence-corrected chi connectivity index (χ2v) is 4.12. The van der Waals surface area contributed by atoms with E-state index in [2.05, 4.69) is 14.7 Å². The van der Waals surface area contributed by atoms with Crippen LogP contribution >= 0.6 is 11.5 Å². The number of hydrogen-bond acceptors (Lipinski definition) is 6. The lowest BCUT2D eigenvalue weighted by molar-refractivity contribution is 0.0357. The second kappa shape index (κ2) is 5.23. The number of nitrogens with zero attached hydrogens (tertiary/aromatic N) is 2. The molecule has 0 bridgehead atoms. The Morgan fingerprint density at radius 1 is 1.71 bits per heavy atom. The van der Waals surface area contributed by atoms with Crippen molar-refractivity contribution < 1.29 is 9.84 Å². The zero-order chi connectivity index (χ0) is 10.4. The fourth-order valence-electron chi connectivity index (χ4n) is 0.927. The van der Waals surface area contributed by atoms with E-state index in [9.17, 15) is 5.11 Å². The van der Waals surface area contributed by atoms with Crippen molar-refractivity contribution in [1.29, 1.82) is 0 Å². The summed E-state index contributed by atoms with van der Waals surface area (Å²) in [5.41, 5.74) is -0.776. The highest BCUT2D eigenvalue weighted by atomic mass is 32.1. The van der Waals surface area contributed by atoms with Gasteiger partial charge in [-0.15, -0.1) is 0 Å². The third-order valence-corrected chi connectivity index (χ3v) is 2.45. The van der Waals surface area contributed by atoms with E-state index in [1.807, 2.05) is 0 Å². The zero-order valence-electron chi connectivity index (χ0n) is 8.36. The number of rotatable bonds is 6. The lowest BCUT2D eigenvalue weighted by atomic mass is 10.0. The van der Waals surface area contributed by atoms with Crippen LogP contribution in [0.5, 0.6) is 0 Å². The van der Waals surface area contributed by atoms with Gasteiger partial charge in [-0.1, -0.05) is 0 Å². The monoisotopic (exact) mass is 217 g/mol. The summed E-state index contributed by atoms with van der Waals surface area (Å²) >= 11 is 1.27. The molecular formula is C8H15N3O2S. The van der Waals surface area contributed by atoms with Crippen LogP contribution in [0.25, 0.3) is 0 Å². The van der Waals surface area contributed by atoms with E-state index in [0.717, 1.165) is 5.13 Å². The first kappa shape index (κ1) is 11.4. The minimum atomic E-state index is -0.776. The minimum absolute atomic E-state index is 0.450. The molecule has 6 heteroatoms. The van der Waals surface area contributed by atoms with Crippen LogP contribution in [0.15, 0.2) is 6.33 Å². The Labute approximate surface area is 87.3 Å². The Hall–Kier alpha value is -0.720. The number of aliphatic hydroxyl groups is 1. The summed E-state index contributed by atoms with van der Waals surface area (Å²) in [4.78, 5) is 3.95. The molecule has 0 aliphatic carbocycles. The topological polar surface area (TPSA) is 67.3 Å². The van der Waals surface area contributed by atoms with E-state index >= 15 is 0 Å². The van der Waals surface area contributed by atoms with Crippen molar-refractivity contribution in [2.24, 2.45) is 0 Å². The van der Waals surface area contributed by atoms with Crippen LogP contribution in [0.2, 0.25) is 0 Å². The molecule has 0 fully saturated rings. The number of aromatic nitrogens is 2. The first-order chi connectivity index (χ1) is 6.64. The summed E-state index contributed by atoms with van der Waals surface area (Å²) in [6.07, 6.45) is 2.08. The molecule has 80 valence electrons. The van der Waals surface area contributed by atoms with Crippen LogP contribution in [0.4, 0.5) is 5.13 Å². The molecule has 0 saturated heterocycles. The van der Waals surface area contributed by atoms with Crippen molar-refractivity contribution in [3.63, 3.8) is 0 Å². The normalized spacial score (nSPS) is 15.1. The maximum Gasteiger partial charge on any atom is 0.202 e. The molecule has 1 aromatic heterocycles. The van der Waals surface area contributed by atoms with Crippen LogP contribution in [0, 0.1) is 0 Å². The molecule has 1 heterocycles. The Balaban J connectivity index is 2.28. The lowest BCUT2D eigenvalue weighted by Gasteiger charge is -2.22. The SMILES string of the molecule is COCCC(C)(O)CNc1ncns1. The van der Waals surface area contributed by atoms with Crippen LogP contribution in [-0.4, -0.2) is 40.3 Å². The molecule has 0 radical (unpaired) electrons. The molecule has 0 spiro atoms. The number of methoxy groups -OCH3 is 1. The number of hydrogen-bond donors (Lipinski definition) is 2. The van der Waals surface area contributed by atoms with Crippen molar-refractivity contribution in [3.05, 3.63) is 6.33 Å². The van der Waals surface area contributed by atoms with Gasteiger partial charge < -0.3 is 15.2 Å². The molecule has 0 aromatic carbocycles. The fourth-order valence-corrected chi connectivity index (χ4v) is 1.35. The Morgan fingerprint density at radius 2 is 2.50 bits per heavy atom. The first-order valence-electron chi connectivity index (χ1n) is 4.36. The van der Waals surface area contributed by atoms with Gasteiger partial charge in [-0.05, 0) is 6.92 Å². The van der Waals surface area contributed by atoms with Gasteiger partial charge in [0.05, 0.1) is 5.60 Å². The molecule has 1 rings (SSSR count). The smallest absolute Gasteiger partial charge is 0.202 e. The van der Waals surface area contributed by atoms with Gasteiger partial charge in [0.1, 0.15) is 6.33 Å². The standard InChI is InChI=1S/C8H15N3O2S/c1-8(12,3-4-13-2)5-9-7-10-6-11-14-7/h6,12H,3-5H2,1-2H3,(H,9,10,11). The maximum absolute atomic E-state index is 9.86. The van der Waals surface area contributed by atoms with Crippen LogP contribution in [0.1, 0.15) is 13.3 Å². The molecule has 0 amide bonds. The summed E-state index contributed by atoms with van der Waals surface area (Å²) in [6, 6.07) is 0. The van der Waals surface area contributed by atoms with Crippen molar-refractivity contribution >= 4 is 16.7 Å². The van der Waals surface area contributed by atoms with Gasteiger partial charge in [-0.3, -0.25) is 0 Å². The predicted molar refractivity (Wildman–Crippen MR) is 55.5 cm³/mol. The molecule has 1 atom stereocenters. The lowest BCUT2D eigenvalue weighted by Crippen LogP contribution is -2.34. The van der Waals surface area contributed by atoms with Gasteiger partial charge in [0.25, 0.3) is 0 Å². The highest BCUT2D eigenvalue weighted by Crippen LogP contribution is 2.12. The summed E-state index contributed by atoms with van der Waals surface area (Å²) in [6.45, 7) is 2.76. The van der Waals surface area contributed by atoms with Crippen molar-refractivity contribution in [2.75, 3.05) is 25.6 Å². The molecule has 0 aliphatic heterocycles. The Morgan fingerprint density at radius 3 is 3.07 bits per heavy atom. The van der Waals surface area contributed by atoms with E-state index in [1.165, 1.54) is 17.9 Å². The number of ether oxygens (including phenoxy) is 1. The molecular weight excluding hydrogens is 202 g/mol. The van der Waals surface area contributed by atoms with Gasteiger partial charge in [0.2, 0.25) is 5.13 Å². The molecule has 1 unspecified atom stereocenters. The zero-order valence-corrected chi connectivity index (χ0v) is 9.17. The summed E-state index contributed by atoms with van der Waals surface area (Å²) < 4.78 is 8.75. The first-order valence-corrected chi connectivity index (χ1v) is 5.13. The number of nitrogens with one attached hydrogen (secondary N) is 1. The molecule has 2 N–H and O–H groups in total. The highest BCUT2D eigenvalue weighted by molar-refractivity contribution is 7.09. The molecule has 14 heavy (non-hydrogen) atoms. The third-order valence-electron chi connectivity index (χ3n) is 1.83. The number of anilines is 1. The van der Waals surface area contributed by atoms with E-state index in [0.29, 0.717) is 19.6 Å². The summed E-state index contributed by atoms with van der Waals surface area (Å²) in [5, 5.41) is 13.6. The average molecular weight is 217 g/mol. The van der Waals surface area contributed by atoms with Crippen molar-refractivity contribution in [2.45, 2.75) is 18.9 Å². The van der Waals surface area contributed by atoms with E-state index in [4.69, 9.17) is 4.74 Å². The summed E-state index contributed by atoms with van der Waals surface area (Å²) in [7, 11) is 1.62. The quantitative estimate of drug-likeness (QED) is 0.735. The van der Waals surface area contributed by atoms with Gasteiger partial charge >= 0.3 is 0 Å². The minimum Gasteiger partial charge on any atom is -0.388 e. The average Bonchev–Trinajstić information content (AvgIpc) is 2.64. The Bertz CT molecular complexity index is 251. The van der Waals surface area contributed by atoms with Gasteiger partial charge in [-0.2, -0.15) is 4.37 Å². The van der Waals surface area contributed by atoms with Gasteiger partial charge in [0.15, 0.2) is 0 Å². The Kier molecular flexibility index (Phi) is 4.24. The van der Waals surface area contributed by atoms with E-state index in [1.54, 1.807) is 14.0 Å². The molecule has 5 nitrogen and oxygen atoms in total. The highest BCUT2D eigenvalue weighted by Gasteiger charge is 2.19. The van der Waals surface area contributed by atoms with E-state index < -0.39 is 5.60 Å². The largest absolute Gasteiger partial charge is 0.388 e. The maximum atomic E-state index is 9.86. The van der Waals surface area contributed by atoms with Crippen molar-refractivity contribution in [1.82, 2.24) is 9.36 Å². The van der Waals surface area contributed by atoms with Gasteiger partial charge in [-0.25, -0.2) is 4.98 Å². The fraction of sp³-hybridized carbons (Fsp3) is 0.750. The second-order valence-electron chi connectivity index (χ2n) is 3.34. The molecule has 1 aromatic rings. The molecule has 0 aliphatic rings. The molecule has 0 saturated carbocycles. The third kappa shape index (κ3) is 3.99. The summed E-state index contributed by atoms with van der Waals surface area (Å²) in [5.74, 6) is 0. The predicted octanol–water partition coefficient (Wildman–Crippen LogP) is 0.737. The van der Waals surface area contributed by atoms with Crippen molar-refractivity contribution in [3.8, 4) is 0 Å². The van der Waals surface area contributed by atoms with Crippen LogP contribution in [-0.2, 0) is 4.74 Å². The van der Waals surface area contributed by atoms with Gasteiger partial charge in [0, 0.05) is 38.2 Å². The van der Waals surface area contributed by atoms with Crippen LogP contribution in [0.3, 0.4) is 0 Å². The van der Waals surface area contributed by atoms with Crippen LogP contribution < -0.4 is 5.32 Å².